The molecule has 2 aromatic rings. The van der Waals surface area contributed by atoms with Gasteiger partial charge in [0.05, 0.1) is 14.2 Å². The molecule has 2 aliphatic heterocycles. The molecule has 0 fully saturated rings. The number of hydrogen-bond acceptors (Lipinski definition) is 6. The van der Waals surface area contributed by atoms with Crippen LogP contribution in [-0.2, 0) is 0 Å². The largest absolute Gasteiger partial charge is 0.289 e. The second-order valence-electron chi connectivity index (χ2n) is 5.69. The van der Waals surface area contributed by atoms with Crippen molar-refractivity contribution in [3.63, 3.8) is 0 Å². The number of allylic oxidation sites excluding steroid dienone is 1. The Morgan fingerprint density at radius 1 is 0.808 bits per heavy atom. The second-order valence-corrected chi connectivity index (χ2v) is 10.00. The molecule has 2 nitrogen and oxygen atoms in total. The highest BCUT2D eigenvalue weighted by Gasteiger charge is 2.26. The summed E-state index contributed by atoms with van der Waals surface area (Å²) in [6.07, 6.45) is 1.89. The Hall–Kier alpha value is -1.60. The van der Waals surface area contributed by atoms with Crippen LogP contribution in [0, 0.1) is 0 Å². The number of aliphatic imine (C=N–C) groups is 1. The lowest BCUT2D eigenvalue weighted by atomic mass is 10.1. The molecule has 0 unspecified atom stereocenters. The van der Waals surface area contributed by atoms with E-state index in [0.717, 1.165) is 32.8 Å². The van der Waals surface area contributed by atoms with Crippen LogP contribution in [0.2, 0.25) is 0 Å². The van der Waals surface area contributed by atoms with Crippen molar-refractivity contribution in [3.05, 3.63) is 83.2 Å². The average Bonchev–Trinajstić information content (AvgIpc) is 3.41. The molecule has 1 aliphatic carbocycles. The third-order valence-electron chi connectivity index (χ3n) is 4.12. The Morgan fingerprint density at radius 2 is 1.58 bits per heavy atom. The minimum atomic E-state index is 0.0902. The van der Waals surface area contributed by atoms with E-state index in [1.54, 1.807) is 47.0 Å². The third kappa shape index (κ3) is 2.91. The van der Waals surface area contributed by atoms with Crippen molar-refractivity contribution in [1.29, 1.82) is 0 Å². The lowest BCUT2D eigenvalue weighted by Crippen LogP contribution is -1.94. The van der Waals surface area contributed by atoms with Crippen LogP contribution in [0.4, 0.5) is 5.69 Å². The molecule has 6 heteroatoms. The van der Waals surface area contributed by atoms with E-state index in [0.29, 0.717) is 0 Å². The van der Waals surface area contributed by atoms with Crippen molar-refractivity contribution in [2.75, 3.05) is 0 Å². The maximum atomic E-state index is 12.6. The number of thioether (sulfide) groups is 4. The van der Waals surface area contributed by atoms with Gasteiger partial charge in [-0.1, -0.05) is 77.4 Å². The van der Waals surface area contributed by atoms with Gasteiger partial charge in [-0.25, -0.2) is 0 Å². The summed E-state index contributed by atoms with van der Waals surface area (Å²) in [5.41, 5.74) is 4.36. The minimum Gasteiger partial charge on any atom is -0.289 e. The second kappa shape index (κ2) is 6.85. The van der Waals surface area contributed by atoms with Gasteiger partial charge < -0.3 is 0 Å². The summed E-state index contributed by atoms with van der Waals surface area (Å²) in [6.45, 7) is 0. The molecule has 0 saturated carbocycles. The van der Waals surface area contributed by atoms with Crippen LogP contribution < -0.4 is 0 Å². The van der Waals surface area contributed by atoms with Crippen LogP contribution in [0.5, 0.6) is 0 Å². The predicted octanol–water partition coefficient (Wildman–Crippen LogP) is 7.00. The van der Waals surface area contributed by atoms with Crippen LogP contribution in [0.3, 0.4) is 0 Å². The molecule has 0 atom stereocenters. The molecule has 126 valence electrons. The van der Waals surface area contributed by atoms with Gasteiger partial charge in [-0.2, -0.15) is 0 Å². The average molecular weight is 410 g/mol. The van der Waals surface area contributed by atoms with Gasteiger partial charge in [0.25, 0.3) is 0 Å². The topological polar surface area (TPSA) is 29.4 Å². The molecule has 2 heterocycles. The maximum absolute atomic E-state index is 12.6. The summed E-state index contributed by atoms with van der Waals surface area (Å²) in [5.74, 6) is 0.0902. The fourth-order valence-electron chi connectivity index (χ4n) is 2.95. The number of hydrogen-bond donors (Lipinski definition) is 0. The van der Waals surface area contributed by atoms with E-state index in [1.165, 1.54) is 8.47 Å². The summed E-state index contributed by atoms with van der Waals surface area (Å²) >= 11 is 7.04. The highest BCUT2D eigenvalue weighted by Crippen LogP contribution is 2.52. The van der Waals surface area contributed by atoms with E-state index in [1.807, 2.05) is 48.7 Å². The van der Waals surface area contributed by atoms with Gasteiger partial charge in [-0.05, 0) is 39.5 Å². The summed E-state index contributed by atoms with van der Waals surface area (Å²) in [5, 5.41) is 6.35. The number of carbonyl (C=O) groups excluding carboxylic acids is 1. The van der Waals surface area contributed by atoms with Gasteiger partial charge in [0.1, 0.15) is 0 Å². The first-order valence-corrected chi connectivity index (χ1v) is 11.3. The zero-order valence-corrected chi connectivity index (χ0v) is 16.6. The molecule has 2 aromatic carbocycles. The van der Waals surface area contributed by atoms with Gasteiger partial charge in [0.15, 0.2) is 5.78 Å². The monoisotopic (exact) mass is 409 g/mol. The highest BCUT2D eigenvalue weighted by atomic mass is 32.2. The summed E-state index contributed by atoms with van der Waals surface area (Å²) in [4.78, 5) is 18.3. The molecule has 0 bridgehead atoms. The zero-order valence-electron chi connectivity index (χ0n) is 13.3. The minimum absolute atomic E-state index is 0.0902. The van der Waals surface area contributed by atoms with E-state index in [-0.39, 0.29) is 5.78 Å². The van der Waals surface area contributed by atoms with Crippen LogP contribution in [0.25, 0.3) is 11.1 Å². The van der Waals surface area contributed by atoms with Crippen molar-refractivity contribution >= 4 is 64.7 Å². The lowest BCUT2D eigenvalue weighted by Gasteiger charge is -2.01. The number of benzene rings is 2. The lowest BCUT2D eigenvalue weighted by molar-refractivity contribution is 0.104. The van der Waals surface area contributed by atoms with E-state index in [4.69, 9.17) is 0 Å². The van der Waals surface area contributed by atoms with E-state index < -0.39 is 0 Å². The normalized spacial score (nSPS) is 18.0. The summed E-state index contributed by atoms with van der Waals surface area (Å²) in [7, 11) is 0. The fourth-order valence-corrected chi connectivity index (χ4v) is 7.25. The Labute approximate surface area is 168 Å². The SMILES string of the molecule is O=C1c2ccccc2-c2ccc(N=CC3=CSC(=C4SC=CS4)S3)cc21. The van der Waals surface area contributed by atoms with Gasteiger partial charge in [-0.15, -0.1) is 0 Å². The van der Waals surface area contributed by atoms with Crippen LogP contribution in [0.1, 0.15) is 15.9 Å². The molecule has 0 amide bonds. The summed E-state index contributed by atoms with van der Waals surface area (Å²) in [6, 6.07) is 13.6. The van der Waals surface area contributed by atoms with Crippen molar-refractivity contribution in [2.24, 2.45) is 4.99 Å². The Bertz CT molecular complexity index is 1060. The fraction of sp³-hybridized carbons (Fsp3) is 0. The number of fused-ring (bicyclic) bond motifs is 3. The maximum Gasteiger partial charge on any atom is 0.194 e. The molecular formula is C20H11NOS4. The quantitative estimate of drug-likeness (QED) is 0.425. The van der Waals surface area contributed by atoms with Gasteiger partial charge in [0, 0.05) is 22.2 Å². The van der Waals surface area contributed by atoms with Crippen molar-refractivity contribution in [3.8, 4) is 11.1 Å². The van der Waals surface area contributed by atoms with E-state index in [9.17, 15) is 4.79 Å². The van der Waals surface area contributed by atoms with Gasteiger partial charge in [-0.3, -0.25) is 9.79 Å². The molecule has 0 aromatic heterocycles. The molecule has 0 N–H and O–H groups in total. The first kappa shape index (κ1) is 16.6. The van der Waals surface area contributed by atoms with Gasteiger partial charge in [0.2, 0.25) is 0 Å². The van der Waals surface area contributed by atoms with Crippen molar-refractivity contribution in [1.82, 2.24) is 0 Å². The first-order chi connectivity index (χ1) is 12.8. The molecule has 0 spiro atoms. The number of carbonyl (C=O) groups is 1. The van der Waals surface area contributed by atoms with Crippen LogP contribution in [0.15, 0.2) is 77.1 Å². The predicted molar refractivity (Wildman–Crippen MR) is 118 cm³/mol. The molecule has 0 radical (unpaired) electrons. The Morgan fingerprint density at radius 3 is 2.42 bits per heavy atom. The molecule has 3 aliphatic rings. The Balaban J connectivity index is 1.37. The van der Waals surface area contributed by atoms with Crippen LogP contribution in [-0.4, -0.2) is 12.0 Å². The molecule has 0 saturated heterocycles. The molecule has 26 heavy (non-hydrogen) atoms. The number of ketones is 1. The first-order valence-electron chi connectivity index (χ1n) is 7.89. The Kier molecular flexibility index (Phi) is 4.36. The van der Waals surface area contributed by atoms with Gasteiger partial charge >= 0.3 is 0 Å². The zero-order chi connectivity index (χ0) is 17.5. The van der Waals surface area contributed by atoms with Crippen LogP contribution >= 0.6 is 47.0 Å². The smallest absolute Gasteiger partial charge is 0.194 e. The molecule has 5 rings (SSSR count). The number of rotatable bonds is 2. The highest BCUT2D eigenvalue weighted by molar-refractivity contribution is 8.33. The number of nitrogens with zero attached hydrogens (tertiary/aromatic N) is 1. The molecular weight excluding hydrogens is 398 g/mol. The summed E-state index contributed by atoms with van der Waals surface area (Å²) < 4.78 is 2.64. The standard InChI is InChI=1S/C20H11NOS4/c22-18-16-4-2-1-3-14(16)15-6-5-12(9-17(15)18)21-10-13-11-25-20(26-13)19-23-7-8-24-19/h1-11H. The van der Waals surface area contributed by atoms with Crippen molar-refractivity contribution in [2.45, 2.75) is 0 Å². The van der Waals surface area contributed by atoms with Crippen molar-refractivity contribution < 1.29 is 4.79 Å². The van der Waals surface area contributed by atoms with E-state index >= 15 is 0 Å². The third-order valence-corrected chi connectivity index (χ3v) is 9.09. The van der Waals surface area contributed by atoms with E-state index in [2.05, 4.69) is 21.2 Å².